The first-order chi connectivity index (χ1) is 14.3. The Bertz CT molecular complexity index is 1040. The number of furan rings is 1. The van der Waals surface area contributed by atoms with Gasteiger partial charge < -0.3 is 19.2 Å². The number of nitrogens with one attached hydrogen (secondary N) is 1. The van der Waals surface area contributed by atoms with E-state index in [2.05, 4.69) is 5.32 Å². The Balaban J connectivity index is 1.47. The van der Waals surface area contributed by atoms with Crippen molar-refractivity contribution in [2.45, 2.75) is 38.8 Å². The molecule has 1 atom stereocenters. The molecule has 2 aromatic rings. The minimum absolute atomic E-state index is 0.0397. The Morgan fingerprint density at radius 3 is 2.67 bits per heavy atom. The summed E-state index contributed by atoms with van der Waals surface area (Å²) in [4.78, 5) is 50.3. The Kier molecular flexibility index (Phi) is 4.97. The number of rotatable bonds is 7. The number of amides is 3. The summed E-state index contributed by atoms with van der Waals surface area (Å²) >= 11 is 0. The van der Waals surface area contributed by atoms with Gasteiger partial charge in [0.2, 0.25) is 5.76 Å². The number of nitrogens with zero attached hydrogens (tertiary/aromatic N) is 1. The highest BCUT2D eigenvalue weighted by Crippen LogP contribution is 2.42. The van der Waals surface area contributed by atoms with Gasteiger partial charge in [0.15, 0.2) is 0 Å². The molecular formula is C21H22N2O7. The molecule has 30 heavy (non-hydrogen) atoms. The van der Waals surface area contributed by atoms with E-state index in [1.54, 1.807) is 38.1 Å². The van der Waals surface area contributed by atoms with E-state index in [-0.39, 0.29) is 24.9 Å². The normalized spacial score (nSPS) is 21.1. The standard InChI is InChI=1S/C21H22N2O7/c1-3-28-18(25)17-14(13-6-4-5-7-15(13)30-17)11-29-16(24)10-23-19(26)21(2,12-8-9-12)22-20(23)27/h4-7,12H,3,8-11H2,1-2H3,(H,22,27)/t21-/m0/s1. The molecule has 4 rings (SSSR count). The van der Waals surface area contributed by atoms with E-state index in [0.29, 0.717) is 16.5 Å². The molecule has 1 aromatic carbocycles. The summed E-state index contributed by atoms with van der Waals surface area (Å²) in [5, 5.41) is 3.30. The van der Waals surface area contributed by atoms with Crippen molar-refractivity contribution in [3.63, 3.8) is 0 Å². The molecule has 0 bridgehead atoms. The minimum atomic E-state index is -0.963. The number of fused-ring (bicyclic) bond motifs is 1. The van der Waals surface area contributed by atoms with Gasteiger partial charge in [0, 0.05) is 5.39 Å². The van der Waals surface area contributed by atoms with Crippen LogP contribution in [0.4, 0.5) is 4.79 Å². The number of carbonyl (C=O) groups is 4. The van der Waals surface area contributed by atoms with Crippen molar-refractivity contribution in [3.8, 4) is 0 Å². The first-order valence-electron chi connectivity index (χ1n) is 9.82. The molecule has 2 fully saturated rings. The molecule has 1 aliphatic carbocycles. The number of ether oxygens (including phenoxy) is 2. The lowest BCUT2D eigenvalue weighted by atomic mass is 9.96. The van der Waals surface area contributed by atoms with Crippen molar-refractivity contribution in [3.05, 3.63) is 35.6 Å². The van der Waals surface area contributed by atoms with Crippen LogP contribution in [0.1, 0.15) is 42.8 Å². The maximum Gasteiger partial charge on any atom is 0.374 e. The maximum atomic E-state index is 12.6. The summed E-state index contributed by atoms with van der Waals surface area (Å²) in [5.74, 6) is -1.79. The summed E-state index contributed by atoms with van der Waals surface area (Å²) < 4.78 is 15.9. The Labute approximate surface area is 172 Å². The molecular weight excluding hydrogens is 392 g/mol. The van der Waals surface area contributed by atoms with Crippen LogP contribution in [-0.4, -0.2) is 47.5 Å². The van der Waals surface area contributed by atoms with Crippen LogP contribution in [0.5, 0.6) is 0 Å². The predicted octanol–water partition coefficient (Wildman–Crippen LogP) is 2.37. The zero-order valence-electron chi connectivity index (χ0n) is 16.7. The molecule has 1 aliphatic heterocycles. The van der Waals surface area contributed by atoms with Gasteiger partial charge in [-0.25, -0.2) is 9.59 Å². The van der Waals surface area contributed by atoms with E-state index in [1.807, 2.05) is 0 Å². The lowest BCUT2D eigenvalue weighted by Crippen LogP contribution is -2.46. The number of hydrogen-bond donors (Lipinski definition) is 1. The predicted molar refractivity (Wildman–Crippen MR) is 103 cm³/mol. The Morgan fingerprint density at radius 2 is 1.97 bits per heavy atom. The third-order valence-corrected chi connectivity index (χ3v) is 5.52. The van der Waals surface area contributed by atoms with Crippen molar-refractivity contribution in [1.82, 2.24) is 10.2 Å². The van der Waals surface area contributed by atoms with E-state index in [4.69, 9.17) is 13.9 Å². The van der Waals surface area contributed by atoms with E-state index < -0.39 is 36.0 Å². The zero-order valence-corrected chi connectivity index (χ0v) is 16.7. The molecule has 158 valence electrons. The lowest BCUT2D eigenvalue weighted by Gasteiger charge is -2.20. The van der Waals surface area contributed by atoms with Gasteiger partial charge in [-0.2, -0.15) is 0 Å². The maximum absolute atomic E-state index is 12.6. The molecule has 9 nitrogen and oxygen atoms in total. The smallest absolute Gasteiger partial charge is 0.374 e. The molecule has 0 radical (unpaired) electrons. The van der Waals surface area contributed by atoms with Crippen molar-refractivity contribution >= 4 is 34.8 Å². The first kappa shape index (κ1) is 19.9. The van der Waals surface area contributed by atoms with Gasteiger partial charge in [-0.15, -0.1) is 0 Å². The van der Waals surface area contributed by atoms with Crippen LogP contribution in [0.15, 0.2) is 28.7 Å². The second kappa shape index (κ2) is 7.47. The molecule has 0 spiro atoms. The molecule has 1 aromatic heterocycles. The lowest BCUT2D eigenvalue weighted by molar-refractivity contribution is -0.148. The number of urea groups is 1. The summed E-state index contributed by atoms with van der Waals surface area (Å²) in [6.45, 7) is 2.76. The summed E-state index contributed by atoms with van der Waals surface area (Å²) in [5.41, 5.74) is -0.131. The fraction of sp³-hybridized carbons (Fsp3) is 0.429. The van der Waals surface area contributed by atoms with Gasteiger partial charge in [0.25, 0.3) is 5.91 Å². The summed E-state index contributed by atoms with van der Waals surface area (Å²) in [7, 11) is 0. The second-order valence-corrected chi connectivity index (χ2v) is 7.59. The average molecular weight is 414 g/mol. The Hall–Kier alpha value is -3.36. The highest BCUT2D eigenvalue weighted by Gasteiger charge is 2.56. The van der Waals surface area contributed by atoms with Gasteiger partial charge in [-0.1, -0.05) is 18.2 Å². The number of imide groups is 1. The number of benzene rings is 1. The highest BCUT2D eigenvalue weighted by molar-refractivity contribution is 6.08. The minimum Gasteiger partial charge on any atom is -0.460 e. The summed E-state index contributed by atoms with van der Waals surface area (Å²) in [6, 6.07) is 6.35. The quantitative estimate of drug-likeness (QED) is 0.546. The molecule has 2 heterocycles. The van der Waals surface area contributed by atoms with Crippen LogP contribution in [0.25, 0.3) is 11.0 Å². The average Bonchev–Trinajstić information content (AvgIpc) is 3.48. The zero-order chi connectivity index (χ0) is 21.5. The topological polar surface area (TPSA) is 115 Å². The highest BCUT2D eigenvalue weighted by atomic mass is 16.5. The van der Waals surface area contributed by atoms with Crippen LogP contribution in [0.2, 0.25) is 0 Å². The molecule has 1 saturated carbocycles. The number of para-hydroxylation sites is 1. The van der Waals surface area contributed by atoms with Gasteiger partial charge in [0.05, 0.1) is 12.2 Å². The second-order valence-electron chi connectivity index (χ2n) is 7.59. The van der Waals surface area contributed by atoms with Crippen LogP contribution in [0, 0.1) is 5.92 Å². The number of esters is 2. The molecule has 1 N–H and O–H groups in total. The third-order valence-electron chi connectivity index (χ3n) is 5.52. The van der Waals surface area contributed by atoms with Crippen LogP contribution < -0.4 is 5.32 Å². The number of carbonyl (C=O) groups excluding carboxylic acids is 4. The molecule has 3 amide bonds. The van der Waals surface area contributed by atoms with Crippen molar-refractivity contribution in [1.29, 1.82) is 0 Å². The summed E-state index contributed by atoms with van der Waals surface area (Å²) in [6.07, 6.45) is 1.73. The fourth-order valence-corrected chi connectivity index (χ4v) is 3.73. The molecule has 0 unspecified atom stereocenters. The van der Waals surface area contributed by atoms with Crippen LogP contribution in [0.3, 0.4) is 0 Å². The number of hydrogen-bond acceptors (Lipinski definition) is 7. The SMILES string of the molecule is CCOC(=O)c1oc2ccccc2c1COC(=O)CN1C(=O)N[C@@](C)(C2CC2)C1=O. The first-order valence-corrected chi connectivity index (χ1v) is 9.82. The van der Waals surface area contributed by atoms with Crippen molar-refractivity contribution < 1.29 is 33.1 Å². The van der Waals surface area contributed by atoms with Crippen LogP contribution in [-0.2, 0) is 25.7 Å². The third kappa shape index (κ3) is 3.40. The van der Waals surface area contributed by atoms with E-state index in [0.717, 1.165) is 17.7 Å². The Morgan fingerprint density at radius 1 is 1.23 bits per heavy atom. The van der Waals surface area contributed by atoms with Crippen molar-refractivity contribution in [2.75, 3.05) is 13.2 Å². The van der Waals surface area contributed by atoms with Crippen molar-refractivity contribution in [2.24, 2.45) is 5.92 Å². The molecule has 9 heteroatoms. The van der Waals surface area contributed by atoms with E-state index >= 15 is 0 Å². The van der Waals surface area contributed by atoms with E-state index in [1.165, 1.54) is 0 Å². The molecule has 1 saturated heterocycles. The fourth-order valence-electron chi connectivity index (χ4n) is 3.73. The van der Waals surface area contributed by atoms with Gasteiger partial charge in [-0.05, 0) is 38.7 Å². The van der Waals surface area contributed by atoms with E-state index in [9.17, 15) is 19.2 Å². The van der Waals surface area contributed by atoms with Gasteiger partial charge in [-0.3, -0.25) is 14.5 Å². The largest absolute Gasteiger partial charge is 0.460 e. The molecule has 2 aliphatic rings. The monoisotopic (exact) mass is 414 g/mol. The van der Waals surface area contributed by atoms with Gasteiger partial charge in [0.1, 0.15) is 24.3 Å². The van der Waals surface area contributed by atoms with Gasteiger partial charge >= 0.3 is 18.0 Å². The van der Waals surface area contributed by atoms with Crippen LogP contribution >= 0.6 is 0 Å².